The van der Waals surface area contributed by atoms with Crippen LogP contribution in [0.25, 0.3) is 0 Å². The zero-order valence-corrected chi connectivity index (χ0v) is 7.66. The zero-order chi connectivity index (χ0) is 8.97. The van der Waals surface area contributed by atoms with E-state index in [1.165, 1.54) is 5.56 Å². The molecule has 1 heterocycles. The lowest BCUT2D eigenvalue weighted by Crippen LogP contribution is -2.07. The van der Waals surface area contributed by atoms with Crippen molar-refractivity contribution in [1.82, 2.24) is 4.57 Å². The summed E-state index contributed by atoms with van der Waals surface area (Å²) >= 11 is 0. The van der Waals surface area contributed by atoms with Gasteiger partial charge in [-0.15, -0.1) is 0 Å². The van der Waals surface area contributed by atoms with Crippen molar-refractivity contribution in [2.24, 2.45) is 5.73 Å². The van der Waals surface area contributed by atoms with Gasteiger partial charge in [-0.2, -0.15) is 0 Å². The Morgan fingerprint density at radius 2 is 2.42 bits per heavy atom. The summed E-state index contributed by atoms with van der Waals surface area (Å²) in [5.74, 6) is 0. The number of hydrogen-bond donors (Lipinski definition) is 1. The summed E-state index contributed by atoms with van der Waals surface area (Å²) in [5.41, 5.74) is 7.03. The molecule has 0 saturated carbocycles. The van der Waals surface area contributed by atoms with E-state index in [4.69, 9.17) is 10.5 Å². The standard InChI is InChI=1S/C9H16N2O/c1-3-9(10)8-4-5-11(6-8)7-12-2/h4-6,9H,3,7,10H2,1-2H3. The largest absolute Gasteiger partial charge is 0.364 e. The highest BCUT2D eigenvalue weighted by molar-refractivity contribution is 5.14. The van der Waals surface area contributed by atoms with E-state index in [2.05, 4.69) is 6.92 Å². The highest BCUT2D eigenvalue weighted by atomic mass is 16.5. The van der Waals surface area contributed by atoms with Gasteiger partial charge in [-0.1, -0.05) is 6.92 Å². The lowest BCUT2D eigenvalue weighted by Gasteiger charge is -2.04. The van der Waals surface area contributed by atoms with E-state index in [1.807, 2.05) is 23.0 Å². The molecule has 0 radical (unpaired) electrons. The number of aromatic nitrogens is 1. The number of nitrogens with two attached hydrogens (primary N) is 1. The maximum Gasteiger partial charge on any atom is 0.121 e. The minimum absolute atomic E-state index is 0.156. The molecular formula is C9H16N2O. The first-order valence-corrected chi connectivity index (χ1v) is 4.18. The van der Waals surface area contributed by atoms with E-state index < -0.39 is 0 Å². The first kappa shape index (κ1) is 9.29. The van der Waals surface area contributed by atoms with Crippen LogP contribution >= 0.6 is 0 Å². The topological polar surface area (TPSA) is 40.2 Å². The quantitative estimate of drug-likeness (QED) is 0.740. The third kappa shape index (κ3) is 2.09. The molecule has 3 nitrogen and oxygen atoms in total. The van der Waals surface area contributed by atoms with Crippen molar-refractivity contribution in [3.63, 3.8) is 0 Å². The Bertz CT molecular complexity index is 232. The average molecular weight is 168 g/mol. The van der Waals surface area contributed by atoms with Crippen molar-refractivity contribution in [2.45, 2.75) is 26.1 Å². The van der Waals surface area contributed by atoms with Gasteiger partial charge in [0.1, 0.15) is 6.73 Å². The Hall–Kier alpha value is -0.800. The summed E-state index contributed by atoms with van der Waals surface area (Å²) < 4.78 is 6.95. The van der Waals surface area contributed by atoms with Crippen LogP contribution < -0.4 is 5.73 Å². The molecule has 1 unspecified atom stereocenters. The van der Waals surface area contributed by atoms with Gasteiger partial charge in [0.15, 0.2) is 0 Å². The third-order valence-electron chi connectivity index (χ3n) is 1.92. The van der Waals surface area contributed by atoms with E-state index in [0.29, 0.717) is 6.73 Å². The molecule has 0 amide bonds. The molecule has 0 bridgehead atoms. The van der Waals surface area contributed by atoms with Gasteiger partial charge in [0.05, 0.1) is 0 Å². The van der Waals surface area contributed by atoms with Crippen molar-refractivity contribution in [1.29, 1.82) is 0 Å². The normalized spacial score (nSPS) is 13.2. The second-order valence-electron chi connectivity index (χ2n) is 2.89. The van der Waals surface area contributed by atoms with E-state index in [1.54, 1.807) is 7.11 Å². The molecule has 12 heavy (non-hydrogen) atoms. The lowest BCUT2D eigenvalue weighted by atomic mass is 10.1. The summed E-state index contributed by atoms with van der Waals surface area (Å²) in [6.07, 6.45) is 4.98. The van der Waals surface area contributed by atoms with Crippen LogP contribution in [0.4, 0.5) is 0 Å². The molecule has 1 atom stereocenters. The van der Waals surface area contributed by atoms with Crippen molar-refractivity contribution >= 4 is 0 Å². The van der Waals surface area contributed by atoms with Crippen LogP contribution in [0.1, 0.15) is 24.9 Å². The van der Waals surface area contributed by atoms with E-state index >= 15 is 0 Å². The minimum atomic E-state index is 0.156. The predicted molar refractivity (Wildman–Crippen MR) is 48.7 cm³/mol. The number of nitrogens with zero attached hydrogens (tertiary/aromatic N) is 1. The van der Waals surface area contributed by atoms with Crippen LogP contribution in [-0.4, -0.2) is 11.7 Å². The molecule has 1 aromatic heterocycles. The average Bonchev–Trinajstić information content (AvgIpc) is 2.52. The maximum absolute atomic E-state index is 5.85. The summed E-state index contributed by atoms with van der Waals surface area (Å²) in [6.45, 7) is 2.68. The molecule has 2 N–H and O–H groups in total. The number of hydrogen-bond acceptors (Lipinski definition) is 2. The minimum Gasteiger partial charge on any atom is -0.364 e. The molecule has 0 aliphatic rings. The van der Waals surface area contributed by atoms with Crippen molar-refractivity contribution in [3.05, 3.63) is 24.0 Å². The first-order valence-electron chi connectivity index (χ1n) is 4.18. The van der Waals surface area contributed by atoms with Gasteiger partial charge in [0.2, 0.25) is 0 Å². The van der Waals surface area contributed by atoms with Crippen LogP contribution in [0.15, 0.2) is 18.5 Å². The first-order chi connectivity index (χ1) is 5.77. The van der Waals surface area contributed by atoms with Gasteiger partial charge in [-0.25, -0.2) is 0 Å². The van der Waals surface area contributed by atoms with Crippen LogP contribution in [0.3, 0.4) is 0 Å². The Morgan fingerprint density at radius 3 is 3.00 bits per heavy atom. The third-order valence-corrected chi connectivity index (χ3v) is 1.92. The summed E-state index contributed by atoms with van der Waals surface area (Å²) in [4.78, 5) is 0. The molecular weight excluding hydrogens is 152 g/mol. The monoisotopic (exact) mass is 168 g/mol. The predicted octanol–water partition coefficient (Wildman–Crippen LogP) is 1.50. The van der Waals surface area contributed by atoms with Crippen molar-refractivity contribution in [3.8, 4) is 0 Å². The highest BCUT2D eigenvalue weighted by Crippen LogP contribution is 2.13. The highest BCUT2D eigenvalue weighted by Gasteiger charge is 2.03. The Kier molecular flexibility index (Phi) is 3.31. The maximum atomic E-state index is 5.85. The molecule has 0 fully saturated rings. The van der Waals surface area contributed by atoms with Gasteiger partial charge >= 0.3 is 0 Å². The fourth-order valence-corrected chi connectivity index (χ4v) is 1.14. The number of ether oxygens (including phenoxy) is 1. The van der Waals surface area contributed by atoms with E-state index in [9.17, 15) is 0 Å². The van der Waals surface area contributed by atoms with Crippen LogP contribution in [0, 0.1) is 0 Å². The molecule has 1 rings (SSSR count). The fraction of sp³-hybridized carbons (Fsp3) is 0.556. The Morgan fingerprint density at radius 1 is 1.67 bits per heavy atom. The van der Waals surface area contributed by atoms with Crippen LogP contribution in [0.5, 0.6) is 0 Å². The number of methoxy groups -OCH3 is 1. The number of rotatable bonds is 4. The molecule has 0 spiro atoms. The lowest BCUT2D eigenvalue weighted by molar-refractivity contribution is 0.131. The smallest absolute Gasteiger partial charge is 0.121 e. The van der Waals surface area contributed by atoms with Crippen molar-refractivity contribution < 1.29 is 4.74 Å². The SMILES string of the molecule is CCC(N)c1ccn(COC)c1. The molecule has 0 aromatic carbocycles. The second kappa shape index (κ2) is 4.28. The molecule has 0 aliphatic heterocycles. The summed E-state index contributed by atoms with van der Waals surface area (Å²) in [7, 11) is 1.68. The molecule has 0 saturated heterocycles. The molecule has 68 valence electrons. The van der Waals surface area contributed by atoms with Gasteiger partial charge in [-0.05, 0) is 18.1 Å². The molecule has 3 heteroatoms. The fourth-order valence-electron chi connectivity index (χ4n) is 1.14. The van der Waals surface area contributed by atoms with Gasteiger partial charge in [0, 0.05) is 25.5 Å². The van der Waals surface area contributed by atoms with Crippen LogP contribution in [-0.2, 0) is 11.5 Å². The molecule has 0 aliphatic carbocycles. The second-order valence-corrected chi connectivity index (χ2v) is 2.89. The van der Waals surface area contributed by atoms with Gasteiger partial charge in [0.25, 0.3) is 0 Å². The van der Waals surface area contributed by atoms with E-state index in [-0.39, 0.29) is 6.04 Å². The van der Waals surface area contributed by atoms with Gasteiger partial charge in [-0.3, -0.25) is 0 Å². The van der Waals surface area contributed by atoms with Crippen molar-refractivity contribution in [2.75, 3.05) is 7.11 Å². The molecule has 1 aromatic rings. The zero-order valence-electron chi connectivity index (χ0n) is 7.66. The van der Waals surface area contributed by atoms with E-state index in [0.717, 1.165) is 6.42 Å². The summed E-state index contributed by atoms with van der Waals surface area (Å²) in [5, 5.41) is 0. The van der Waals surface area contributed by atoms with Crippen LogP contribution in [0.2, 0.25) is 0 Å². The van der Waals surface area contributed by atoms with Gasteiger partial charge < -0.3 is 15.0 Å². The Labute approximate surface area is 73.1 Å². The summed E-state index contributed by atoms with van der Waals surface area (Å²) in [6, 6.07) is 2.19. The Balaban J connectivity index is 2.63.